The first-order chi connectivity index (χ1) is 10.0. The molecule has 2 nitrogen and oxygen atoms in total. The number of hydrogen-bond acceptors (Lipinski definition) is 2. The third kappa shape index (κ3) is 2.66. The Hall–Kier alpha value is -1.51. The molecule has 3 rings (SSSR count). The van der Waals surface area contributed by atoms with Crippen LogP contribution in [0.1, 0.15) is 24.0 Å². The molecule has 108 valence electrons. The number of halogens is 2. The van der Waals surface area contributed by atoms with Crippen molar-refractivity contribution in [3.63, 3.8) is 0 Å². The Balaban J connectivity index is 1.85. The first-order valence-electron chi connectivity index (χ1n) is 6.85. The zero-order chi connectivity index (χ0) is 15.0. The number of carbonyl (C=O) groups excluding carboxylic acids is 1. The number of Topliss-reactive ketones (excluding diaryl/α,β-unsaturated/α-hetero) is 1. The number of hydrogen-bond donors (Lipinski definition) is 1. The van der Waals surface area contributed by atoms with Crippen LogP contribution >= 0.6 is 23.2 Å². The molecule has 0 aromatic heterocycles. The third-order valence-corrected chi connectivity index (χ3v) is 4.99. The van der Waals surface area contributed by atoms with Gasteiger partial charge in [0, 0.05) is 12.1 Å². The van der Waals surface area contributed by atoms with E-state index in [1.54, 1.807) is 6.07 Å². The fourth-order valence-corrected chi connectivity index (χ4v) is 3.07. The van der Waals surface area contributed by atoms with Crippen LogP contribution in [0.3, 0.4) is 0 Å². The predicted octanol–water partition coefficient (Wildman–Crippen LogP) is 4.42. The van der Waals surface area contributed by atoms with Gasteiger partial charge in [-0.2, -0.15) is 0 Å². The van der Waals surface area contributed by atoms with Crippen molar-refractivity contribution in [1.82, 2.24) is 0 Å². The van der Waals surface area contributed by atoms with Gasteiger partial charge in [-0.3, -0.25) is 4.79 Å². The van der Waals surface area contributed by atoms with Gasteiger partial charge in [-0.15, -0.1) is 0 Å². The van der Waals surface area contributed by atoms with Gasteiger partial charge in [-0.1, -0.05) is 47.5 Å². The SMILES string of the molecule is Nc1ccc(C2(C(=O)Cc3cccc(Cl)c3Cl)CC2)cc1. The summed E-state index contributed by atoms with van der Waals surface area (Å²) in [4.78, 5) is 12.7. The topological polar surface area (TPSA) is 43.1 Å². The fourth-order valence-electron chi connectivity index (χ4n) is 2.68. The molecule has 2 aromatic rings. The molecule has 0 unspecified atom stereocenters. The van der Waals surface area contributed by atoms with Gasteiger partial charge in [0.2, 0.25) is 0 Å². The average Bonchev–Trinajstić information content (AvgIpc) is 3.26. The van der Waals surface area contributed by atoms with E-state index in [2.05, 4.69) is 0 Å². The van der Waals surface area contributed by atoms with Crippen LogP contribution in [-0.2, 0) is 16.6 Å². The van der Waals surface area contributed by atoms with E-state index in [1.165, 1.54) is 0 Å². The molecule has 0 heterocycles. The minimum atomic E-state index is -0.362. The van der Waals surface area contributed by atoms with Gasteiger partial charge >= 0.3 is 0 Å². The van der Waals surface area contributed by atoms with Crippen LogP contribution < -0.4 is 5.73 Å². The van der Waals surface area contributed by atoms with Crippen LogP contribution in [0.25, 0.3) is 0 Å². The van der Waals surface area contributed by atoms with Crippen molar-refractivity contribution in [3.05, 3.63) is 63.6 Å². The summed E-state index contributed by atoms with van der Waals surface area (Å²) < 4.78 is 0. The van der Waals surface area contributed by atoms with Gasteiger partial charge in [-0.25, -0.2) is 0 Å². The summed E-state index contributed by atoms with van der Waals surface area (Å²) in [6.07, 6.45) is 2.08. The van der Waals surface area contributed by atoms with Crippen molar-refractivity contribution >= 4 is 34.7 Å². The Labute approximate surface area is 133 Å². The highest BCUT2D eigenvalue weighted by atomic mass is 35.5. The first kappa shape index (κ1) is 14.4. The van der Waals surface area contributed by atoms with E-state index in [0.717, 1.165) is 24.0 Å². The van der Waals surface area contributed by atoms with Crippen molar-refractivity contribution in [2.24, 2.45) is 0 Å². The second-order valence-corrected chi connectivity index (χ2v) is 6.30. The normalized spacial score (nSPS) is 15.7. The van der Waals surface area contributed by atoms with E-state index in [1.807, 2.05) is 36.4 Å². The highest BCUT2D eigenvalue weighted by Gasteiger charge is 2.50. The predicted molar refractivity (Wildman–Crippen MR) is 86.9 cm³/mol. The zero-order valence-electron chi connectivity index (χ0n) is 11.4. The molecule has 0 spiro atoms. The molecule has 0 bridgehead atoms. The smallest absolute Gasteiger partial charge is 0.147 e. The summed E-state index contributed by atoms with van der Waals surface area (Å²) in [5.74, 6) is 0.191. The van der Waals surface area contributed by atoms with Gasteiger partial charge in [0.25, 0.3) is 0 Å². The molecule has 2 N–H and O–H groups in total. The van der Waals surface area contributed by atoms with E-state index >= 15 is 0 Å². The molecular formula is C17H15Cl2NO. The van der Waals surface area contributed by atoms with Crippen molar-refractivity contribution in [2.45, 2.75) is 24.7 Å². The van der Waals surface area contributed by atoms with Gasteiger partial charge < -0.3 is 5.73 Å². The summed E-state index contributed by atoms with van der Waals surface area (Å²) in [5.41, 5.74) is 7.89. The van der Waals surface area contributed by atoms with E-state index in [9.17, 15) is 4.79 Å². The minimum absolute atomic E-state index is 0.191. The standard InChI is InChI=1S/C17H15Cl2NO/c18-14-3-1-2-11(16(14)19)10-15(21)17(8-9-17)12-4-6-13(20)7-5-12/h1-7H,8-10,20H2. The van der Waals surface area contributed by atoms with E-state index in [4.69, 9.17) is 28.9 Å². The van der Waals surface area contributed by atoms with E-state index in [0.29, 0.717) is 22.2 Å². The number of ketones is 1. The molecule has 0 amide bonds. The summed E-state index contributed by atoms with van der Waals surface area (Å²) >= 11 is 12.2. The lowest BCUT2D eigenvalue weighted by molar-refractivity contribution is -0.120. The van der Waals surface area contributed by atoms with Gasteiger partial charge in [0.15, 0.2) is 0 Å². The summed E-state index contributed by atoms with van der Waals surface area (Å²) in [6, 6.07) is 13.0. The number of nitrogens with two attached hydrogens (primary N) is 1. The van der Waals surface area contributed by atoms with Crippen LogP contribution in [-0.4, -0.2) is 5.78 Å². The lowest BCUT2D eigenvalue weighted by atomic mass is 9.88. The maximum absolute atomic E-state index is 12.7. The number of rotatable bonds is 4. The highest BCUT2D eigenvalue weighted by molar-refractivity contribution is 6.42. The summed E-state index contributed by atoms with van der Waals surface area (Å²) in [5, 5.41) is 0.958. The largest absolute Gasteiger partial charge is 0.399 e. The molecule has 0 radical (unpaired) electrons. The van der Waals surface area contributed by atoms with Gasteiger partial charge in [0.1, 0.15) is 5.78 Å². The quantitative estimate of drug-likeness (QED) is 0.848. The second-order valence-electron chi connectivity index (χ2n) is 5.52. The molecule has 21 heavy (non-hydrogen) atoms. The molecule has 0 aliphatic heterocycles. The van der Waals surface area contributed by atoms with Crippen molar-refractivity contribution in [2.75, 3.05) is 5.73 Å². The molecule has 2 aromatic carbocycles. The van der Waals surface area contributed by atoms with Crippen LogP contribution in [0, 0.1) is 0 Å². The maximum atomic E-state index is 12.7. The number of nitrogen functional groups attached to an aromatic ring is 1. The summed E-state index contributed by atoms with van der Waals surface area (Å²) in [7, 11) is 0. The first-order valence-corrected chi connectivity index (χ1v) is 7.61. The Kier molecular flexibility index (Phi) is 3.68. The lowest BCUT2D eigenvalue weighted by Gasteiger charge is -2.15. The minimum Gasteiger partial charge on any atom is -0.399 e. The molecule has 1 fully saturated rings. The Bertz CT molecular complexity index is 690. The molecule has 4 heteroatoms. The van der Waals surface area contributed by atoms with Gasteiger partial charge in [0.05, 0.1) is 15.5 Å². The summed E-state index contributed by atoms with van der Waals surface area (Å²) in [6.45, 7) is 0. The highest BCUT2D eigenvalue weighted by Crippen LogP contribution is 2.50. The van der Waals surface area contributed by atoms with E-state index in [-0.39, 0.29) is 11.2 Å². The third-order valence-electron chi connectivity index (χ3n) is 4.13. The number of anilines is 1. The monoisotopic (exact) mass is 319 g/mol. The lowest BCUT2D eigenvalue weighted by Crippen LogP contribution is -2.22. The number of carbonyl (C=O) groups is 1. The van der Waals surface area contributed by atoms with Crippen LogP contribution in [0.2, 0.25) is 10.0 Å². The molecule has 0 saturated heterocycles. The van der Waals surface area contributed by atoms with Crippen LogP contribution in [0.5, 0.6) is 0 Å². The fraction of sp³-hybridized carbons (Fsp3) is 0.235. The van der Waals surface area contributed by atoms with Gasteiger partial charge in [-0.05, 0) is 42.2 Å². The molecule has 1 aliphatic carbocycles. The Morgan fingerprint density at radius 3 is 2.38 bits per heavy atom. The van der Waals surface area contributed by atoms with Crippen molar-refractivity contribution in [1.29, 1.82) is 0 Å². The number of benzene rings is 2. The molecular weight excluding hydrogens is 305 g/mol. The van der Waals surface area contributed by atoms with Crippen molar-refractivity contribution in [3.8, 4) is 0 Å². The average molecular weight is 320 g/mol. The van der Waals surface area contributed by atoms with Crippen LogP contribution in [0.15, 0.2) is 42.5 Å². The Morgan fingerprint density at radius 2 is 1.76 bits per heavy atom. The maximum Gasteiger partial charge on any atom is 0.147 e. The van der Waals surface area contributed by atoms with Crippen molar-refractivity contribution < 1.29 is 4.79 Å². The second kappa shape index (κ2) is 5.36. The van der Waals surface area contributed by atoms with Crippen LogP contribution in [0.4, 0.5) is 5.69 Å². The zero-order valence-corrected chi connectivity index (χ0v) is 12.9. The van der Waals surface area contributed by atoms with E-state index < -0.39 is 0 Å². The Morgan fingerprint density at radius 1 is 1.10 bits per heavy atom. The molecule has 0 atom stereocenters. The molecule has 1 aliphatic rings. The molecule has 1 saturated carbocycles.